The standard InChI is InChI=1S/C15H21Cl2FO2/c1-19-8-4-9-20-10-7-15(11-16,12-17)13-5-2-3-6-14(13)18/h2-3,5-6H,4,7-12H2,1H3. The molecule has 114 valence electrons. The average Bonchev–Trinajstić information content (AvgIpc) is 2.48. The third kappa shape index (κ3) is 4.88. The van der Waals surface area contributed by atoms with Crippen LogP contribution in [0.25, 0.3) is 0 Å². The van der Waals surface area contributed by atoms with Crippen LogP contribution in [0.3, 0.4) is 0 Å². The number of ether oxygens (including phenoxy) is 2. The Bertz CT molecular complexity index is 384. The molecule has 0 atom stereocenters. The molecule has 0 bridgehead atoms. The van der Waals surface area contributed by atoms with E-state index in [0.717, 1.165) is 6.42 Å². The van der Waals surface area contributed by atoms with Crippen molar-refractivity contribution in [2.45, 2.75) is 18.3 Å². The van der Waals surface area contributed by atoms with Crippen LogP contribution in [0.5, 0.6) is 0 Å². The summed E-state index contributed by atoms with van der Waals surface area (Å²) in [5.74, 6) is 0.255. The van der Waals surface area contributed by atoms with Gasteiger partial charge < -0.3 is 9.47 Å². The van der Waals surface area contributed by atoms with Crippen molar-refractivity contribution in [3.05, 3.63) is 35.6 Å². The van der Waals surface area contributed by atoms with Crippen molar-refractivity contribution in [3.63, 3.8) is 0 Å². The Labute approximate surface area is 130 Å². The van der Waals surface area contributed by atoms with E-state index in [0.29, 0.717) is 31.8 Å². The van der Waals surface area contributed by atoms with E-state index in [4.69, 9.17) is 32.7 Å². The first-order valence-electron chi connectivity index (χ1n) is 6.64. The predicted octanol–water partition coefficient (Wildman–Crippen LogP) is 3.98. The fraction of sp³-hybridized carbons (Fsp3) is 0.600. The lowest BCUT2D eigenvalue weighted by atomic mass is 9.81. The maximum atomic E-state index is 14.0. The zero-order valence-corrected chi connectivity index (χ0v) is 13.2. The van der Waals surface area contributed by atoms with E-state index in [2.05, 4.69) is 0 Å². The summed E-state index contributed by atoms with van der Waals surface area (Å²) in [6.45, 7) is 1.78. The number of methoxy groups -OCH3 is 1. The summed E-state index contributed by atoms with van der Waals surface area (Å²) in [7, 11) is 1.66. The third-order valence-electron chi connectivity index (χ3n) is 3.32. The smallest absolute Gasteiger partial charge is 0.127 e. The molecule has 0 saturated carbocycles. The van der Waals surface area contributed by atoms with E-state index in [1.165, 1.54) is 6.07 Å². The molecule has 1 aromatic carbocycles. The van der Waals surface area contributed by atoms with Gasteiger partial charge in [-0.3, -0.25) is 0 Å². The molecule has 0 amide bonds. The van der Waals surface area contributed by atoms with Crippen LogP contribution in [-0.4, -0.2) is 38.7 Å². The van der Waals surface area contributed by atoms with Crippen LogP contribution in [0.1, 0.15) is 18.4 Å². The molecule has 20 heavy (non-hydrogen) atoms. The fourth-order valence-corrected chi connectivity index (χ4v) is 2.86. The second-order valence-corrected chi connectivity index (χ2v) is 5.27. The van der Waals surface area contributed by atoms with Crippen LogP contribution in [0.15, 0.2) is 24.3 Å². The van der Waals surface area contributed by atoms with Crippen molar-refractivity contribution in [2.24, 2.45) is 0 Å². The Morgan fingerprint density at radius 1 is 1.10 bits per heavy atom. The van der Waals surface area contributed by atoms with Gasteiger partial charge in [0.1, 0.15) is 5.82 Å². The van der Waals surface area contributed by atoms with Crippen LogP contribution in [0.4, 0.5) is 4.39 Å². The average molecular weight is 323 g/mol. The van der Waals surface area contributed by atoms with Gasteiger partial charge in [0.2, 0.25) is 0 Å². The molecule has 0 fully saturated rings. The molecule has 1 aromatic rings. The monoisotopic (exact) mass is 322 g/mol. The molecule has 0 spiro atoms. The van der Waals surface area contributed by atoms with Crippen LogP contribution < -0.4 is 0 Å². The van der Waals surface area contributed by atoms with E-state index in [1.807, 2.05) is 0 Å². The first kappa shape index (κ1) is 17.7. The van der Waals surface area contributed by atoms with Crippen molar-refractivity contribution >= 4 is 23.2 Å². The van der Waals surface area contributed by atoms with Gasteiger partial charge >= 0.3 is 0 Å². The lowest BCUT2D eigenvalue weighted by Crippen LogP contribution is -2.33. The third-order valence-corrected chi connectivity index (χ3v) is 4.34. The summed E-state index contributed by atoms with van der Waals surface area (Å²) < 4.78 is 24.4. The van der Waals surface area contributed by atoms with Crippen LogP contribution in [-0.2, 0) is 14.9 Å². The second-order valence-electron chi connectivity index (χ2n) is 4.74. The Hall–Kier alpha value is -0.350. The number of halogens is 3. The number of alkyl halides is 2. The number of rotatable bonds is 10. The Balaban J connectivity index is 2.61. The molecule has 0 heterocycles. The van der Waals surface area contributed by atoms with Gasteiger partial charge in [0, 0.05) is 44.1 Å². The highest BCUT2D eigenvalue weighted by Crippen LogP contribution is 2.33. The highest BCUT2D eigenvalue weighted by Gasteiger charge is 2.32. The number of hydrogen-bond acceptors (Lipinski definition) is 2. The zero-order chi connectivity index (χ0) is 14.8. The molecule has 0 unspecified atom stereocenters. The topological polar surface area (TPSA) is 18.5 Å². The Morgan fingerprint density at radius 3 is 2.40 bits per heavy atom. The van der Waals surface area contributed by atoms with Crippen molar-refractivity contribution in [2.75, 3.05) is 38.7 Å². The second kappa shape index (κ2) is 9.56. The quantitative estimate of drug-likeness (QED) is 0.479. The van der Waals surface area contributed by atoms with Gasteiger partial charge in [-0.2, -0.15) is 0 Å². The first-order valence-corrected chi connectivity index (χ1v) is 7.70. The van der Waals surface area contributed by atoms with Gasteiger partial charge in [-0.05, 0) is 24.5 Å². The van der Waals surface area contributed by atoms with Gasteiger partial charge in [-0.15, -0.1) is 23.2 Å². The number of hydrogen-bond donors (Lipinski definition) is 0. The summed E-state index contributed by atoms with van der Waals surface area (Å²) in [4.78, 5) is 0. The summed E-state index contributed by atoms with van der Waals surface area (Å²) in [5.41, 5.74) is -0.0269. The van der Waals surface area contributed by atoms with E-state index >= 15 is 0 Å². The van der Waals surface area contributed by atoms with E-state index in [1.54, 1.807) is 25.3 Å². The molecule has 0 aliphatic heterocycles. The van der Waals surface area contributed by atoms with E-state index < -0.39 is 5.41 Å². The highest BCUT2D eigenvalue weighted by molar-refractivity contribution is 6.22. The lowest BCUT2D eigenvalue weighted by Gasteiger charge is -2.30. The molecule has 0 aliphatic rings. The van der Waals surface area contributed by atoms with Gasteiger partial charge in [-0.25, -0.2) is 4.39 Å². The van der Waals surface area contributed by atoms with E-state index in [9.17, 15) is 4.39 Å². The maximum Gasteiger partial charge on any atom is 0.127 e. The van der Waals surface area contributed by atoms with Gasteiger partial charge in [0.15, 0.2) is 0 Å². The predicted molar refractivity (Wildman–Crippen MR) is 81.4 cm³/mol. The molecule has 2 nitrogen and oxygen atoms in total. The minimum absolute atomic E-state index is 0.263. The van der Waals surface area contributed by atoms with Crippen LogP contribution in [0, 0.1) is 5.82 Å². The molecule has 0 saturated heterocycles. The van der Waals surface area contributed by atoms with Crippen molar-refractivity contribution < 1.29 is 13.9 Å². The molecular formula is C15H21Cl2FO2. The number of benzene rings is 1. The summed E-state index contributed by atoms with van der Waals surface area (Å²) in [6, 6.07) is 6.63. The summed E-state index contributed by atoms with van der Waals surface area (Å²) in [5, 5.41) is 0. The minimum atomic E-state index is -0.588. The van der Waals surface area contributed by atoms with Gasteiger partial charge in [0.05, 0.1) is 0 Å². The van der Waals surface area contributed by atoms with Crippen molar-refractivity contribution in [1.29, 1.82) is 0 Å². The highest BCUT2D eigenvalue weighted by atomic mass is 35.5. The molecule has 1 rings (SSSR count). The van der Waals surface area contributed by atoms with Crippen molar-refractivity contribution in [1.82, 2.24) is 0 Å². The molecule has 0 aromatic heterocycles. The van der Waals surface area contributed by atoms with Crippen LogP contribution >= 0.6 is 23.2 Å². The molecule has 0 radical (unpaired) electrons. The van der Waals surface area contributed by atoms with E-state index in [-0.39, 0.29) is 17.6 Å². The largest absolute Gasteiger partial charge is 0.385 e. The first-order chi connectivity index (χ1) is 9.70. The molecule has 0 aliphatic carbocycles. The fourth-order valence-electron chi connectivity index (χ4n) is 2.01. The SMILES string of the molecule is COCCCOCCC(CCl)(CCl)c1ccccc1F. The molecule has 0 N–H and O–H groups in total. The van der Waals surface area contributed by atoms with Gasteiger partial charge in [-0.1, -0.05) is 18.2 Å². The van der Waals surface area contributed by atoms with Crippen LogP contribution in [0.2, 0.25) is 0 Å². The normalized spacial score (nSPS) is 11.8. The maximum absolute atomic E-state index is 14.0. The van der Waals surface area contributed by atoms with Crippen molar-refractivity contribution in [3.8, 4) is 0 Å². The molecule has 5 heteroatoms. The molecular weight excluding hydrogens is 302 g/mol. The minimum Gasteiger partial charge on any atom is -0.385 e. The lowest BCUT2D eigenvalue weighted by molar-refractivity contribution is 0.0928. The Morgan fingerprint density at radius 2 is 1.80 bits per heavy atom. The Kier molecular flexibility index (Phi) is 8.46. The zero-order valence-electron chi connectivity index (χ0n) is 11.7. The summed E-state index contributed by atoms with van der Waals surface area (Å²) in [6.07, 6.45) is 1.43. The van der Waals surface area contributed by atoms with Gasteiger partial charge in [0.25, 0.3) is 0 Å². The summed E-state index contributed by atoms with van der Waals surface area (Å²) >= 11 is 12.1.